The van der Waals surface area contributed by atoms with Crippen molar-refractivity contribution in [3.63, 3.8) is 0 Å². The topological polar surface area (TPSA) is 48.0 Å². The second-order valence-corrected chi connectivity index (χ2v) is 9.15. The Kier molecular flexibility index (Phi) is 5.78. The number of rotatable bonds is 5. The van der Waals surface area contributed by atoms with Crippen molar-refractivity contribution in [3.05, 3.63) is 87.8 Å². The average molecular weight is 482 g/mol. The summed E-state index contributed by atoms with van der Waals surface area (Å²) in [6.45, 7) is 0.626. The zero-order valence-corrected chi connectivity index (χ0v) is 19.0. The second kappa shape index (κ2) is 8.86. The third kappa shape index (κ3) is 4.32. The van der Waals surface area contributed by atoms with Crippen LogP contribution in [0.2, 0.25) is 5.02 Å². The number of carbonyl (C=O) groups excluding carboxylic acids is 1. The van der Waals surface area contributed by atoms with E-state index in [9.17, 15) is 4.79 Å². The van der Waals surface area contributed by atoms with E-state index in [0.717, 1.165) is 16.9 Å². The molecule has 0 spiro atoms. The lowest BCUT2D eigenvalue weighted by molar-refractivity contribution is -0.113. The van der Waals surface area contributed by atoms with Gasteiger partial charge in [-0.25, -0.2) is 0 Å². The maximum absolute atomic E-state index is 13.0. The van der Waals surface area contributed by atoms with Crippen LogP contribution in [0.25, 0.3) is 6.08 Å². The largest absolute Gasteiger partial charge is 0.489 e. The van der Waals surface area contributed by atoms with Crippen molar-refractivity contribution >= 4 is 57.6 Å². The van der Waals surface area contributed by atoms with Gasteiger partial charge < -0.3 is 14.2 Å². The number of carbonyl (C=O) groups is 1. The van der Waals surface area contributed by atoms with Crippen LogP contribution in [0.15, 0.2) is 71.6 Å². The molecule has 0 unspecified atom stereocenters. The lowest BCUT2D eigenvalue weighted by Crippen LogP contribution is -2.27. The molecule has 1 amide bonds. The maximum Gasteiger partial charge on any atom is 0.270 e. The van der Waals surface area contributed by atoms with Crippen LogP contribution in [0.4, 0.5) is 5.69 Å². The standard InChI is InChI=1S/C24H16ClNO4S2/c25-17-5-1-16(2-6-17)13-28-19-8-3-15(4-9-19)11-22-23(27)26(24(31)32-22)18-7-10-20-21(12-18)30-14-29-20/h1-12H,13-14H2/b22-11+. The van der Waals surface area contributed by atoms with Gasteiger partial charge in [-0.1, -0.05) is 59.8 Å². The van der Waals surface area contributed by atoms with E-state index >= 15 is 0 Å². The lowest BCUT2D eigenvalue weighted by Gasteiger charge is -2.14. The van der Waals surface area contributed by atoms with Gasteiger partial charge in [0.1, 0.15) is 12.4 Å². The third-order valence-electron chi connectivity index (χ3n) is 4.90. The molecule has 8 heteroatoms. The molecule has 32 heavy (non-hydrogen) atoms. The smallest absolute Gasteiger partial charge is 0.270 e. The number of anilines is 1. The summed E-state index contributed by atoms with van der Waals surface area (Å²) in [6, 6.07) is 20.4. The Labute approximate surface area is 199 Å². The number of thiocarbonyl (C=S) groups is 1. The normalized spacial score (nSPS) is 16.2. The fourth-order valence-electron chi connectivity index (χ4n) is 3.27. The van der Waals surface area contributed by atoms with Gasteiger partial charge in [0.25, 0.3) is 5.91 Å². The number of benzene rings is 3. The average Bonchev–Trinajstić information content (AvgIpc) is 3.37. The van der Waals surface area contributed by atoms with Crippen LogP contribution in [0.3, 0.4) is 0 Å². The number of amides is 1. The minimum atomic E-state index is -0.165. The van der Waals surface area contributed by atoms with E-state index in [-0.39, 0.29) is 12.7 Å². The Morgan fingerprint density at radius 1 is 1.03 bits per heavy atom. The SMILES string of the molecule is O=C1/C(=C\c2ccc(OCc3ccc(Cl)cc3)cc2)SC(=S)N1c1ccc2c(c1)OCO2. The molecule has 0 bridgehead atoms. The minimum absolute atomic E-state index is 0.165. The molecule has 2 aliphatic rings. The maximum atomic E-state index is 13.0. The molecule has 5 nitrogen and oxygen atoms in total. The lowest BCUT2D eigenvalue weighted by atomic mass is 10.2. The highest BCUT2D eigenvalue weighted by Crippen LogP contribution is 2.40. The number of ether oxygens (including phenoxy) is 3. The van der Waals surface area contributed by atoms with Gasteiger partial charge in [-0.15, -0.1) is 0 Å². The number of nitrogens with zero attached hydrogens (tertiary/aromatic N) is 1. The quantitative estimate of drug-likeness (QED) is 0.326. The summed E-state index contributed by atoms with van der Waals surface area (Å²) in [5.41, 5.74) is 2.58. The van der Waals surface area contributed by atoms with E-state index in [1.807, 2.05) is 54.6 Å². The number of halogens is 1. The summed E-state index contributed by atoms with van der Waals surface area (Å²) in [5.74, 6) is 1.84. The van der Waals surface area contributed by atoms with Crippen LogP contribution in [-0.4, -0.2) is 17.0 Å². The van der Waals surface area contributed by atoms with Crippen molar-refractivity contribution in [2.75, 3.05) is 11.7 Å². The van der Waals surface area contributed by atoms with Crippen LogP contribution in [0, 0.1) is 0 Å². The van der Waals surface area contributed by atoms with E-state index in [2.05, 4.69) is 0 Å². The van der Waals surface area contributed by atoms with E-state index in [1.165, 1.54) is 16.7 Å². The molecule has 0 aliphatic carbocycles. The first-order valence-electron chi connectivity index (χ1n) is 9.72. The number of fused-ring (bicyclic) bond motifs is 1. The molecule has 1 saturated heterocycles. The van der Waals surface area contributed by atoms with Crippen LogP contribution in [0.1, 0.15) is 11.1 Å². The molecule has 3 aromatic rings. The Hall–Kier alpha value is -3.00. The summed E-state index contributed by atoms with van der Waals surface area (Å²) in [4.78, 5) is 15.1. The fourth-order valence-corrected chi connectivity index (χ4v) is 4.70. The highest BCUT2D eigenvalue weighted by molar-refractivity contribution is 8.27. The van der Waals surface area contributed by atoms with Gasteiger partial charge in [-0.3, -0.25) is 9.69 Å². The van der Waals surface area contributed by atoms with Gasteiger partial charge in [0, 0.05) is 11.1 Å². The number of hydrogen-bond acceptors (Lipinski definition) is 6. The van der Waals surface area contributed by atoms with E-state index < -0.39 is 0 Å². The fraction of sp³-hybridized carbons (Fsp3) is 0.0833. The van der Waals surface area contributed by atoms with Crippen molar-refractivity contribution in [2.45, 2.75) is 6.61 Å². The molecule has 3 aromatic carbocycles. The first-order chi connectivity index (χ1) is 15.6. The predicted octanol–water partition coefficient (Wildman–Crippen LogP) is 6.05. The third-order valence-corrected chi connectivity index (χ3v) is 6.46. The van der Waals surface area contributed by atoms with Crippen molar-refractivity contribution in [1.29, 1.82) is 0 Å². The molecule has 0 N–H and O–H groups in total. The number of thioether (sulfide) groups is 1. The van der Waals surface area contributed by atoms with Gasteiger partial charge in [-0.2, -0.15) is 0 Å². The first kappa shape index (κ1) is 20.9. The van der Waals surface area contributed by atoms with Crippen LogP contribution in [-0.2, 0) is 11.4 Å². The molecule has 5 rings (SSSR count). The van der Waals surface area contributed by atoms with E-state index in [4.69, 9.17) is 38.0 Å². The van der Waals surface area contributed by atoms with Crippen LogP contribution in [0.5, 0.6) is 17.2 Å². The van der Waals surface area contributed by atoms with Crippen molar-refractivity contribution in [2.24, 2.45) is 0 Å². The molecule has 160 valence electrons. The van der Waals surface area contributed by atoms with Gasteiger partial charge in [-0.05, 0) is 53.6 Å². The Balaban J connectivity index is 1.28. The van der Waals surface area contributed by atoms with Crippen LogP contribution < -0.4 is 19.1 Å². The molecule has 0 aromatic heterocycles. The monoisotopic (exact) mass is 481 g/mol. The summed E-state index contributed by atoms with van der Waals surface area (Å²) in [7, 11) is 0. The molecule has 2 aliphatic heterocycles. The minimum Gasteiger partial charge on any atom is -0.489 e. The predicted molar refractivity (Wildman–Crippen MR) is 130 cm³/mol. The summed E-state index contributed by atoms with van der Waals surface area (Å²) in [5, 5.41) is 0.696. The van der Waals surface area contributed by atoms with E-state index in [0.29, 0.717) is 38.0 Å². The first-order valence-corrected chi connectivity index (χ1v) is 11.3. The highest BCUT2D eigenvalue weighted by Gasteiger charge is 2.34. The summed E-state index contributed by atoms with van der Waals surface area (Å²) >= 11 is 12.6. The van der Waals surface area contributed by atoms with E-state index in [1.54, 1.807) is 18.2 Å². The molecule has 2 heterocycles. The second-order valence-electron chi connectivity index (χ2n) is 7.04. The summed E-state index contributed by atoms with van der Waals surface area (Å²) in [6.07, 6.45) is 1.83. The highest BCUT2D eigenvalue weighted by atomic mass is 35.5. The molecule has 1 fully saturated rings. The zero-order chi connectivity index (χ0) is 22.1. The number of hydrogen-bond donors (Lipinski definition) is 0. The molecular weight excluding hydrogens is 466 g/mol. The molecular formula is C24H16ClNO4S2. The van der Waals surface area contributed by atoms with Gasteiger partial charge >= 0.3 is 0 Å². The zero-order valence-electron chi connectivity index (χ0n) is 16.6. The van der Waals surface area contributed by atoms with Crippen molar-refractivity contribution < 1.29 is 19.0 Å². The Morgan fingerprint density at radius 3 is 2.56 bits per heavy atom. The Morgan fingerprint density at radius 2 is 1.78 bits per heavy atom. The van der Waals surface area contributed by atoms with Gasteiger partial charge in [0.05, 0.1) is 10.6 Å². The molecule has 0 saturated carbocycles. The summed E-state index contributed by atoms with van der Waals surface area (Å²) < 4.78 is 17.0. The molecule has 0 radical (unpaired) electrons. The molecule has 0 atom stereocenters. The van der Waals surface area contributed by atoms with Crippen molar-refractivity contribution in [1.82, 2.24) is 0 Å². The Bertz CT molecular complexity index is 1230. The van der Waals surface area contributed by atoms with Crippen LogP contribution >= 0.6 is 35.6 Å². The van der Waals surface area contributed by atoms with Gasteiger partial charge in [0.2, 0.25) is 6.79 Å². The van der Waals surface area contributed by atoms with Crippen molar-refractivity contribution in [3.8, 4) is 17.2 Å². The van der Waals surface area contributed by atoms with Gasteiger partial charge in [0.15, 0.2) is 15.8 Å².